The Bertz CT molecular complexity index is 481. The van der Waals surface area contributed by atoms with Crippen LogP contribution in [0.15, 0.2) is 36.9 Å². The lowest BCUT2D eigenvalue weighted by atomic mass is 10.0. The average Bonchev–Trinajstić information content (AvgIpc) is 2.67. The molecule has 0 aliphatic rings. The van der Waals surface area contributed by atoms with Gasteiger partial charge in [-0.25, -0.2) is 4.79 Å². The standard InChI is InChI=1S/C22H34O4/c1-3-5-6-7-8-9-10-11-20-12-14-21(15-13-20)25-18-16-24-17-19-26-22(23)4-2/h4,12-15H,2-3,5-11,16-19H2,1H3. The van der Waals surface area contributed by atoms with Crippen molar-refractivity contribution < 1.29 is 19.0 Å². The van der Waals surface area contributed by atoms with Crippen LogP contribution in [-0.4, -0.2) is 32.4 Å². The van der Waals surface area contributed by atoms with E-state index in [-0.39, 0.29) is 6.61 Å². The highest BCUT2D eigenvalue weighted by atomic mass is 16.6. The van der Waals surface area contributed by atoms with Gasteiger partial charge in [0.2, 0.25) is 0 Å². The molecule has 0 radical (unpaired) electrons. The molecule has 4 nitrogen and oxygen atoms in total. The number of aryl methyl sites for hydroxylation is 1. The Morgan fingerprint density at radius 1 is 0.923 bits per heavy atom. The zero-order valence-corrected chi connectivity index (χ0v) is 16.2. The molecule has 1 aromatic rings. The number of esters is 1. The quantitative estimate of drug-likeness (QED) is 0.233. The fraction of sp³-hybridized carbons (Fsp3) is 0.591. The Morgan fingerprint density at radius 3 is 2.27 bits per heavy atom. The van der Waals surface area contributed by atoms with Gasteiger partial charge < -0.3 is 14.2 Å². The molecule has 1 rings (SSSR count). The number of hydrogen-bond donors (Lipinski definition) is 0. The number of carbonyl (C=O) groups excluding carboxylic acids is 1. The molecule has 4 heteroatoms. The molecule has 0 aliphatic heterocycles. The van der Waals surface area contributed by atoms with Crippen LogP contribution in [0, 0.1) is 0 Å². The van der Waals surface area contributed by atoms with Gasteiger partial charge in [-0.3, -0.25) is 0 Å². The van der Waals surface area contributed by atoms with Crippen molar-refractivity contribution in [3.8, 4) is 5.75 Å². The molecule has 146 valence electrons. The van der Waals surface area contributed by atoms with Crippen LogP contribution >= 0.6 is 0 Å². The number of rotatable bonds is 16. The van der Waals surface area contributed by atoms with E-state index in [0.717, 1.165) is 18.2 Å². The number of benzene rings is 1. The molecular formula is C22H34O4. The Balaban J connectivity index is 2.02. The molecular weight excluding hydrogens is 328 g/mol. The van der Waals surface area contributed by atoms with Gasteiger partial charge in [-0.1, -0.05) is 64.2 Å². The summed E-state index contributed by atoms with van der Waals surface area (Å²) >= 11 is 0. The fourth-order valence-corrected chi connectivity index (χ4v) is 2.62. The van der Waals surface area contributed by atoms with Crippen LogP contribution in [0.4, 0.5) is 0 Å². The first-order valence-electron chi connectivity index (χ1n) is 9.85. The molecule has 0 saturated heterocycles. The Morgan fingerprint density at radius 2 is 1.58 bits per heavy atom. The topological polar surface area (TPSA) is 44.8 Å². The van der Waals surface area contributed by atoms with Crippen LogP contribution in [0.25, 0.3) is 0 Å². The minimum absolute atomic E-state index is 0.234. The summed E-state index contributed by atoms with van der Waals surface area (Å²) in [6.07, 6.45) is 11.7. The number of ether oxygens (including phenoxy) is 3. The number of unbranched alkanes of at least 4 members (excludes halogenated alkanes) is 6. The minimum atomic E-state index is -0.429. The van der Waals surface area contributed by atoms with Crippen molar-refractivity contribution in [3.05, 3.63) is 42.5 Å². The van der Waals surface area contributed by atoms with E-state index in [2.05, 4.69) is 25.6 Å². The maximum absolute atomic E-state index is 10.8. The predicted octanol–water partition coefficient (Wildman–Crippen LogP) is 5.10. The van der Waals surface area contributed by atoms with E-state index in [9.17, 15) is 4.79 Å². The number of hydrogen-bond acceptors (Lipinski definition) is 4. The first-order chi connectivity index (χ1) is 12.8. The van der Waals surface area contributed by atoms with Gasteiger partial charge in [0.15, 0.2) is 0 Å². The summed E-state index contributed by atoms with van der Waals surface area (Å²) in [4.78, 5) is 10.8. The van der Waals surface area contributed by atoms with Crippen LogP contribution in [0.3, 0.4) is 0 Å². The van der Waals surface area contributed by atoms with Gasteiger partial charge in [0.05, 0.1) is 13.2 Å². The van der Waals surface area contributed by atoms with Crippen molar-refractivity contribution in [1.29, 1.82) is 0 Å². The summed E-state index contributed by atoms with van der Waals surface area (Å²) in [5.74, 6) is 0.427. The van der Waals surface area contributed by atoms with Crippen molar-refractivity contribution in [1.82, 2.24) is 0 Å². The number of carbonyl (C=O) groups is 1. The van der Waals surface area contributed by atoms with Crippen LogP contribution in [-0.2, 0) is 20.7 Å². The highest BCUT2D eigenvalue weighted by Crippen LogP contribution is 2.15. The van der Waals surface area contributed by atoms with Gasteiger partial charge in [0.25, 0.3) is 0 Å². The first kappa shape index (κ1) is 22.2. The summed E-state index contributed by atoms with van der Waals surface area (Å²) in [7, 11) is 0. The molecule has 0 saturated carbocycles. The molecule has 0 aromatic heterocycles. The normalized spacial score (nSPS) is 10.5. The van der Waals surface area contributed by atoms with E-state index >= 15 is 0 Å². The lowest BCUT2D eigenvalue weighted by Crippen LogP contribution is -2.12. The van der Waals surface area contributed by atoms with Crippen LogP contribution in [0.1, 0.15) is 57.4 Å². The highest BCUT2D eigenvalue weighted by molar-refractivity contribution is 5.81. The third-order valence-electron chi connectivity index (χ3n) is 4.13. The summed E-state index contributed by atoms with van der Waals surface area (Å²) < 4.78 is 15.8. The second kappa shape index (κ2) is 15.4. The Hall–Kier alpha value is -1.81. The molecule has 0 spiro atoms. The first-order valence-corrected chi connectivity index (χ1v) is 9.85. The fourth-order valence-electron chi connectivity index (χ4n) is 2.62. The molecule has 0 amide bonds. The Labute approximate surface area is 158 Å². The van der Waals surface area contributed by atoms with Crippen molar-refractivity contribution in [2.24, 2.45) is 0 Å². The molecule has 0 unspecified atom stereocenters. The van der Waals surface area contributed by atoms with Gasteiger partial charge in [-0.15, -0.1) is 0 Å². The van der Waals surface area contributed by atoms with E-state index in [1.807, 2.05) is 12.1 Å². The van der Waals surface area contributed by atoms with Gasteiger partial charge in [0, 0.05) is 6.08 Å². The van der Waals surface area contributed by atoms with E-state index in [4.69, 9.17) is 14.2 Å². The van der Waals surface area contributed by atoms with Gasteiger partial charge in [0.1, 0.15) is 19.0 Å². The van der Waals surface area contributed by atoms with E-state index < -0.39 is 5.97 Å². The van der Waals surface area contributed by atoms with E-state index in [1.165, 1.54) is 50.5 Å². The molecule has 0 heterocycles. The summed E-state index contributed by atoms with van der Waals surface area (Å²) in [6.45, 7) is 7.12. The Kier molecular flexibility index (Phi) is 13.2. The molecule has 0 aliphatic carbocycles. The molecule has 0 atom stereocenters. The van der Waals surface area contributed by atoms with Crippen molar-refractivity contribution in [3.63, 3.8) is 0 Å². The minimum Gasteiger partial charge on any atom is -0.491 e. The van der Waals surface area contributed by atoms with Crippen molar-refractivity contribution in [2.45, 2.75) is 58.3 Å². The average molecular weight is 363 g/mol. The molecule has 0 fully saturated rings. The van der Waals surface area contributed by atoms with Crippen LogP contribution in [0.2, 0.25) is 0 Å². The smallest absolute Gasteiger partial charge is 0.330 e. The predicted molar refractivity (Wildman–Crippen MR) is 106 cm³/mol. The summed E-state index contributed by atoms with van der Waals surface area (Å²) in [5.41, 5.74) is 1.37. The highest BCUT2D eigenvalue weighted by Gasteiger charge is 1.98. The lowest BCUT2D eigenvalue weighted by Gasteiger charge is -2.08. The maximum Gasteiger partial charge on any atom is 0.330 e. The van der Waals surface area contributed by atoms with Crippen molar-refractivity contribution in [2.75, 3.05) is 26.4 Å². The van der Waals surface area contributed by atoms with Gasteiger partial charge >= 0.3 is 5.97 Å². The molecule has 0 bridgehead atoms. The second-order valence-electron chi connectivity index (χ2n) is 6.35. The summed E-state index contributed by atoms with van der Waals surface area (Å²) in [5, 5.41) is 0. The molecule has 1 aromatic carbocycles. The van der Waals surface area contributed by atoms with E-state index in [0.29, 0.717) is 19.8 Å². The zero-order chi connectivity index (χ0) is 18.9. The van der Waals surface area contributed by atoms with Gasteiger partial charge in [-0.05, 0) is 30.5 Å². The lowest BCUT2D eigenvalue weighted by molar-refractivity contribution is -0.139. The van der Waals surface area contributed by atoms with Crippen LogP contribution < -0.4 is 4.74 Å². The van der Waals surface area contributed by atoms with Gasteiger partial charge in [-0.2, -0.15) is 0 Å². The second-order valence-corrected chi connectivity index (χ2v) is 6.35. The molecule has 26 heavy (non-hydrogen) atoms. The largest absolute Gasteiger partial charge is 0.491 e. The third-order valence-corrected chi connectivity index (χ3v) is 4.13. The third kappa shape index (κ3) is 11.7. The molecule has 0 N–H and O–H groups in total. The van der Waals surface area contributed by atoms with E-state index in [1.54, 1.807) is 0 Å². The maximum atomic E-state index is 10.8. The summed E-state index contributed by atoms with van der Waals surface area (Å²) in [6, 6.07) is 8.31. The SMILES string of the molecule is C=CC(=O)OCCOCCOc1ccc(CCCCCCCCC)cc1. The van der Waals surface area contributed by atoms with Crippen molar-refractivity contribution >= 4 is 5.97 Å². The monoisotopic (exact) mass is 362 g/mol. The van der Waals surface area contributed by atoms with Crippen LogP contribution in [0.5, 0.6) is 5.75 Å². The zero-order valence-electron chi connectivity index (χ0n) is 16.2.